The summed E-state index contributed by atoms with van der Waals surface area (Å²) in [6, 6.07) is 1.82. The zero-order valence-electron chi connectivity index (χ0n) is 7.18. The van der Waals surface area contributed by atoms with Gasteiger partial charge in [-0.25, -0.2) is 4.68 Å². The maximum atomic E-state index is 8.82. The molecule has 0 saturated carbocycles. The highest BCUT2D eigenvalue weighted by molar-refractivity contribution is 6.75. The lowest BCUT2D eigenvalue weighted by atomic mass is 10.2. The summed E-state index contributed by atoms with van der Waals surface area (Å²) in [6.07, 6.45) is 0. The van der Waals surface area contributed by atoms with E-state index in [1.165, 1.54) is 11.7 Å². The first-order valence-corrected chi connectivity index (χ1v) is 5.35. The van der Waals surface area contributed by atoms with Gasteiger partial charge in [-0.1, -0.05) is 63.2 Å². The molecule has 1 aromatic rings. The molecule has 0 amide bonds. The van der Waals surface area contributed by atoms with E-state index in [2.05, 4.69) is 10.3 Å². The Morgan fingerprint density at radius 3 is 2.20 bits per heavy atom. The van der Waals surface area contributed by atoms with Crippen molar-refractivity contribution in [2.45, 2.75) is 8.13 Å². The second-order valence-electron chi connectivity index (χ2n) is 2.59. The van der Waals surface area contributed by atoms with Gasteiger partial charge in [0.05, 0.1) is 0 Å². The second kappa shape index (κ2) is 4.15. The van der Waals surface area contributed by atoms with Crippen molar-refractivity contribution in [3.05, 3.63) is 11.4 Å². The number of alkyl halides is 5. The van der Waals surface area contributed by atoms with Crippen LogP contribution < -0.4 is 0 Å². The molecule has 0 spiro atoms. The Morgan fingerprint density at radius 1 is 1.27 bits per heavy atom. The number of rotatable bonds is 1. The summed E-state index contributed by atoms with van der Waals surface area (Å²) in [6.45, 7) is 0. The fourth-order valence-corrected chi connectivity index (χ4v) is 1.35. The molecule has 0 bridgehead atoms. The minimum atomic E-state index is -2.02. The molecule has 0 aromatic carbocycles. The van der Waals surface area contributed by atoms with Gasteiger partial charge in [0, 0.05) is 7.05 Å². The van der Waals surface area contributed by atoms with Gasteiger partial charge in [-0.05, 0) is 0 Å². The topological polar surface area (TPSA) is 54.5 Å². The molecule has 1 heterocycles. The van der Waals surface area contributed by atoms with E-state index in [1.807, 2.05) is 6.07 Å². The Bertz CT molecular complexity index is 412. The van der Waals surface area contributed by atoms with E-state index in [9.17, 15) is 0 Å². The molecule has 0 atom stereocenters. The van der Waals surface area contributed by atoms with Crippen LogP contribution in [-0.2, 0) is 11.4 Å². The van der Waals surface area contributed by atoms with Crippen LogP contribution in [0.3, 0.4) is 0 Å². The van der Waals surface area contributed by atoms with Crippen LogP contribution in [0.25, 0.3) is 0 Å². The van der Waals surface area contributed by atoms with Crippen LogP contribution in [0, 0.1) is 11.3 Å². The van der Waals surface area contributed by atoms with Crippen molar-refractivity contribution in [3.63, 3.8) is 0 Å². The van der Waals surface area contributed by atoms with E-state index in [0.717, 1.165) is 0 Å². The van der Waals surface area contributed by atoms with Crippen LogP contribution in [0.1, 0.15) is 11.4 Å². The number of halogens is 5. The first kappa shape index (κ1) is 13.1. The monoisotopic (exact) mass is 306 g/mol. The predicted octanol–water partition coefficient (Wildman–Crippen LogP) is 2.69. The lowest BCUT2D eigenvalue weighted by molar-refractivity contribution is 0.705. The van der Waals surface area contributed by atoms with Gasteiger partial charge in [0.25, 0.3) is 0 Å². The Hall–Kier alpha value is 0.0800. The third-order valence-electron chi connectivity index (χ3n) is 1.59. The van der Waals surface area contributed by atoms with E-state index < -0.39 is 8.13 Å². The fraction of sp³-hybridized carbons (Fsp3) is 0.500. The van der Waals surface area contributed by atoms with Crippen molar-refractivity contribution in [2.24, 2.45) is 7.05 Å². The van der Waals surface area contributed by atoms with E-state index in [-0.39, 0.29) is 11.4 Å². The second-order valence-corrected chi connectivity index (χ2v) is 6.20. The molecule has 0 aliphatic heterocycles. The summed E-state index contributed by atoms with van der Waals surface area (Å²) in [5.74, 6) is 0. The molecule has 15 heavy (non-hydrogen) atoms. The zero-order valence-corrected chi connectivity index (χ0v) is 11.0. The smallest absolute Gasteiger partial charge is 0.228 e. The van der Waals surface area contributed by atoms with Gasteiger partial charge < -0.3 is 0 Å². The molecule has 0 radical (unpaired) electrons. The molecule has 82 valence electrons. The van der Waals surface area contributed by atoms with Crippen LogP contribution in [0.5, 0.6) is 0 Å². The van der Waals surface area contributed by atoms with Gasteiger partial charge in [0.15, 0.2) is 5.69 Å². The highest BCUT2D eigenvalue weighted by Gasteiger charge is 2.51. The van der Waals surface area contributed by atoms with Crippen LogP contribution >= 0.6 is 58.0 Å². The minimum absolute atomic E-state index is 0.0336. The molecule has 0 aliphatic rings. The molecule has 0 saturated heterocycles. The Balaban J connectivity index is 3.35. The van der Waals surface area contributed by atoms with Gasteiger partial charge in [-0.2, -0.15) is 5.26 Å². The molecule has 0 unspecified atom stereocenters. The molecule has 4 nitrogen and oxygen atoms in total. The van der Waals surface area contributed by atoms with Gasteiger partial charge >= 0.3 is 0 Å². The zero-order chi connectivity index (χ0) is 11.9. The van der Waals surface area contributed by atoms with E-state index in [1.54, 1.807) is 0 Å². The Morgan fingerprint density at radius 2 is 1.80 bits per heavy atom. The largest absolute Gasteiger partial charge is 0.237 e. The maximum Gasteiger partial charge on any atom is 0.228 e. The lowest BCUT2D eigenvalue weighted by Crippen LogP contribution is -2.29. The van der Waals surface area contributed by atoms with Gasteiger partial charge in [-0.3, -0.25) is 0 Å². The standard InChI is InChI=1S/C6H3Cl5N4/c1-15-3(2-12)4(13-14-15)5(7,8)6(9,10)11/h1H3. The van der Waals surface area contributed by atoms with Crippen molar-refractivity contribution in [3.8, 4) is 6.07 Å². The van der Waals surface area contributed by atoms with E-state index in [0.29, 0.717) is 0 Å². The Kier molecular flexibility index (Phi) is 3.64. The summed E-state index contributed by atoms with van der Waals surface area (Å²) in [7, 11) is 1.50. The van der Waals surface area contributed by atoms with Gasteiger partial charge in [0.1, 0.15) is 11.8 Å². The summed E-state index contributed by atoms with van der Waals surface area (Å²) < 4.78 is -2.76. The maximum absolute atomic E-state index is 8.82. The molecule has 9 heteroatoms. The van der Waals surface area contributed by atoms with Crippen LogP contribution in [0.4, 0.5) is 0 Å². The number of nitrogens with zero attached hydrogens (tertiary/aromatic N) is 4. The number of nitriles is 1. The molecule has 0 fully saturated rings. The number of aryl methyl sites for hydroxylation is 1. The third-order valence-corrected chi connectivity index (χ3v) is 3.94. The van der Waals surface area contributed by atoms with Crippen molar-refractivity contribution in [2.75, 3.05) is 0 Å². The highest BCUT2D eigenvalue weighted by Crippen LogP contribution is 2.52. The summed E-state index contributed by atoms with van der Waals surface area (Å²) >= 11 is 28.4. The third kappa shape index (κ3) is 2.27. The average Bonchev–Trinajstić information content (AvgIpc) is 2.44. The number of hydrogen-bond acceptors (Lipinski definition) is 3. The van der Waals surface area contributed by atoms with E-state index >= 15 is 0 Å². The van der Waals surface area contributed by atoms with Crippen LogP contribution in [-0.4, -0.2) is 18.8 Å². The SMILES string of the molecule is Cn1nnc(C(Cl)(Cl)C(Cl)(Cl)Cl)c1C#N. The van der Waals surface area contributed by atoms with Gasteiger partial charge in [-0.15, -0.1) is 5.10 Å². The molecular formula is C6H3Cl5N4. The Labute approximate surface area is 111 Å². The molecule has 0 N–H and O–H groups in total. The van der Waals surface area contributed by atoms with E-state index in [4.69, 9.17) is 63.3 Å². The summed E-state index contributed by atoms with van der Waals surface area (Å²) in [5, 5.41) is 16.0. The van der Waals surface area contributed by atoms with Crippen molar-refractivity contribution >= 4 is 58.0 Å². The average molecular weight is 308 g/mol. The first-order chi connectivity index (χ1) is 6.71. The molecular weight excluding hydrogens is 305 g/mol. The predicted molar refractivity (Wildman–Crippen MR) is 59.4 cm³/mol. The number of aromatic nitrogens is 3. The van der Waals surface area contributed by atoms with Crippen molar-refractivity contribution in [1.29, 1.82) is 5.26 Å². The normalized spacial score (nSPS) is 12.6. The summed E-state index contributed by atoms with van der Waals surface area (Å²) in [4.78, 5) is 0. The van der Waals surface area contributed by atoms with Crippen LogP contribution in [0.2, 0.25) is 0 Å². The molecule has 0 aliphatic carbocycles. The molecule has 1 rings (SSSR count). The van der Waals surface area contributed by atoms with Crippen molar-refractivity contribution in [1.82, 2.24) is 15.0 Å². The first-order valence-electron chi connectivity index (χ1n) is 3.46. The van der Waals surface area contributed by atoms with Crippen molar-refractivity contribution < 1.29 is 0 Å². The fourth-order valence-electron chi connectivity index (χ4n) is 0.828. The minimum Gasteiger partial charge on any atom is -0.237 e. The number of hydrogen-bond donors (Lipinski definition) is 0. The molecule has 1 aromatic heterocycles. The quantitative estimate of drug-likeness (QED) is 0.750. The van der Waals surface area contributed by atoms with Crippen LogP contribution in [0.15, 0.2) is 0 Å². The lowest BCUT2D eigenvalue weighted by Gasteiger charge is -2.25. The van der Waals surface area contributed by atoms with Gasteiger partial charge in [0.2, 0.25) is 8.13 Å². The highest BCUT2D eigenvalue weighted by atomic mass is 35.6. The summed E-state index contributed by atoms with van der Waals surface area (Å²) in [5.41, 5.74) is -0.0536.